The van der Waals surface area contributed by atoms with E-state index in [0.717, 1.165) is 37.1 Å². The second-order valence-electron chi connectivity index (χ2n) is 6.15. The summed E-state index contributed by atoms with van der Waals surface area (Å²) in [6.45, 7) is 1.21. The minimum Gasteiger partial charge on any atom is -0.351 e. The van der Waals surface area contributed by atoms with Crippen molar-refractivity contribution in [2.24, 2.45) is 0 Å². The lowest BCUT2D eigenvalue weighted by Gasteiger charge is -2.21. The molecular formula is C16H24F3N3O3S. The first-order valence-electron chi connectivity index (χ1n) is 7.96. The van der Waals surface area contributed by atoms with Crippen LogP contribution in [0, 0.1) is 0 Å². The Morgan fingerprint density at radius 1 is 1.08 bits per heavy atom. The second kappa shape index (κ2) is 9.33. The third kappa shape index (κ3) is 7.71. The summed E-state index contributed by atoms with van der Waals surface area (Å²) in [4.78, 5) is 13.9. The molecular weight excluding hydrogens is 371 g/mol. The van der Waals surface area contributed by atoms with Crippen molar-refractivity contribution in [2.45, 2.75) is 12.6 Å². The topological polar surface area (TPSA) is 69.7 Å². The monoisotopic (exact) mass is 395 g/mol. The number of hydrogen-bond donors (Lipinski definition) is 1. The number of rotatable bonds is 9. The van der Waals surface area contributed by atoms with Gasteiger partial charge in [0.05, 0.1) is 11.8 Å². The summed E-state index contributed by atoms with van der Waals surface area (Å²) in [5.74, 6) is -0.555. The minimum atomic E-state index is -4.46. The molecule has 0 saturated heterocycles. The Balaban J connectivity index is 2.56. The standard InChI is InChI=1S/C16H24F3N3O3S/c1-21(2)10-4-11-22(26(3,24)25)12-9-20-15(23)13-5-7-14(8-6-13)16(17,18)19/h5-8H,4,9-12H2,1-3H3,(H,20,23). The first kappa shape index (κ1) is 22.4. The maximum absolute atomic E-state index is 12.5. The molecule has 10 heteroatoms. The van der Waals surface area contributed by atoms with Crippen molar-refractivity contribution in [3.63, 3.8) is 0 Å². The Morgan fingerprint density at radius 3 is 2.12 bits per heavy atom. The van der Waals surface area contributed by atoms with Gasteiger partial charge in [-0.2, -0.15) is 13.2 Å². The van der Waals surface area contributed by atoms with Crippen LogP contribution in [-0.4, -0.2) is 70.1 Å². The molecule has 1 rings (SSSR count). The first-order chi connectivity index (χ1) is 11.9. The van der Waals surface area contributed by atoms with E-state index in [1.807, 2.05) is 19.0 Å². The van der Waals surface area contributed by atoms with Crippen LogP contribution in [0.1, 0.15) is 22.3 Å². The van der Waals surface area contributed by atoms with Crippen LogP contribution >= 0.6 is 0 Å². The average molecular weight is 395 g/mol. The van der Waals surface area contributed by atoms with Crippen molar-refractivity contribution < 1.29 is 26.4 Å². The zero-order valence-corrected chi connectivity index (χ0v) is 15.8. The van der Waals surface area contributed by atoms with Gasteiger partial charge in [0.15, 0.2) is 0 Å². The fourth-order valence-electron chi connectivity index (χ4n) is 2.21. The molecule has 1 aromatic rings. The highest BCUT2D eigenvalue weighted by atomic mass is 32.2. The van der Waals surface area contributed by atoms with Gasteiger partial charge < -0.3 is 10.2 Å². The number of sulfonamides is 1. The van der Waals surface area contributed by atoms with Crippen molar-refractivity contribution in [1.29, 1.82) is 0 Å². The summed E-state index contributed by atoms with van der Waals surface area (Å²) in [5, 5.41) is 2.52. The third-order valence-electron chi connectivity index (χ3n) is 3.60. The van der Waals surface area contributed by atoms with Crippen molar-refractivity contribution in [2.75, 3.05) is 46.5 Å². The van der Waals surface area contributed by atoms with Gasteiger partial charge in [-0.1, -0.05) is 0 Å². The molecule has 1 amide bonds. The minimum absolute atomic E-state index is 0.0644. The quantitative estimate of drug-likeness (QED) is 0.690. The lowest BCUT2D eigenvalue weighted by Crippen LogP contribution is -2.39. The summed E-state index contributed by atoms with van der Waals surface area (Å²) < 4.78 is 62.4. The Hall–Kier alpha value is -1.65. The van der Waals surface area contributed by atoms with E-state index in [1.54, 1.807) is 0 Å². The number of carbonyl (C=O) groups excluding carboxylic acids is 1. The Morgan fingerprint density at radius 2 is 1.65 bits per heavy atom. The van der Waals surface area contributed by atoms with Crippen LogP contribution in [-0.2, 0) is 16.2 Å². The van der Waals surface area contributed by atoms with E-state index in [-0.39, 0.29) is 18.7 Å². The van der Waals surface area contributed by atoms with Gasteiger partial charge >= 0.3 is 6.18 Å². The summed E-state index contributed by atoms with van der Waals surface area (Å²) in [5.41, 5.74) is -0.755. The molecule has 0 aliphatic carbocycles. The number of amides is 1. The third-order valence-corrected chi connectivity index (χ3v) is 4.91. The molecule has 148 valence electrons. The molecule has 0 radical (unpaired) electrons. The zero-order valence-electron chi connectivity index (χ0n) is 15.0. The molecule has 0 bridgehead atoms. The highest BCUT2D eigenvalue weighted by Crippen LogP contribution is 2.29. The maximum atomic E-state index is 12.5. The molecule has 0 spiro atoms. The van der Waals surface area contributed by atoms with Gasteiger partial charge in [-0.25, -0.2) is 12.7 Å². The number of halogens is 3. The van der Waals surface area contributed by atoms with Gasteiger partial charge in [-0.05, 0) is 51.3 Å². The van der Waals surface area contributed by atoms with Crippen molar-refractivity contribution in [3.8, 4) is 0 Å². The van der Waals surface area contributed by atoms with Gasteiger partial charge in [0, 0.05) is 25.2 Å². The van der Waals surface area contributed by atoms with E-state index in [0.29, 0.717) is 13.0 Å². The number of nitrogens with one attached hydrogen (secondary N) is 1. The molecule has 1 N–H and O–H groups in total. The zero-order chi connectivity index (χ0) is 20.0. The Bertz CT molecular complexity index is 689. The molecule has 0 atom stereocenters. The largest absolute Gasteiger partial charge is 0.416 e. The van der Waals surface area contributed by atoms with Gasteiger partial charge in [0.25, 0.3) is 5.91 Å². The van der Waals surface area contributed by atoms with Gasteiger partial charge in [0.1, 0.15) is 0 Å². The molecule has 0 heterocycles. The molecule has 1 aromatic carbocycles. The highest BCUT2D eigenvalue weighted by molar-refractivity contribution is 7.88. The first-order valence-corrected chi connectivity index (χ1v) is 9.81. The summed E-state index contributed by atoms with van der Waals surface area (Å²) in [7, 11) is 0.359. The number of carbonyl (C=O) groups is 1. The van der Waals surface area contributed by atoms with E-state index >= 15 is 0 Å². The molecule has 6 nitrogen and oxygen atoms in total. The maximum Gasteiger partial charge on any atom is 0.416 e. The molecule has 0 aliphatic rings. The fourth-order valence-corrected chi connectivity index (χ4v) is 3.10. The fraction of sp³-hybridized carbons (Fsp3) is 0.562. The number of alkyl halides is 3. The van der Waals surface area contributed by atoms with E-state index in [2.05, 4.69) is 5.32 Å². The number of benzene rings is 1. The molecule has 26 heavy (non-hydrogen) atoms. The summed E-state index contributed by atoms with van der Waals surface area (Å²) in [6, 6.07) is 3.84. The van der Waals surface area contributed by atoms with E-state index in [9.17, 15) is 26.4 Å². The molecule has 0 aromatic heterocycles. The van der Waals surface area contributed by atoms with Crippen LogP contribution in [0.3, 0.4) is 0 Å². The van der Waals surface area contributed by atoms with Crippen LogP contribution in [0.5, 0.6) is 0 Å². The molecule has 0 unspecified atom stereocenters. The van der Waals surface area contributed by atoms with Crippen LogP contribution in [0.25, 0.3) is 0 Å². The predicted molar refractivity (Wildman–Crippen MR) is 93.4 cm³/mol. The van der Waals surface area contributed by atoms with Crippen molar-refractivity contribution >= 4 is 15.9 Å². The van der Waals surface area contributed by atoms with Crippen LogP contribution < -0.4 is 5.32 Å². The second-order valence-corrected chi connectivity index (χ2v) is 8.13. The Labute approximate surface area is 152 Å². The van der Waals surface area contributed by atoms with Crippen LogP contribution in [0.4, 0.5) is 13.2 Å². The SMILES string of the molecule is CN(C)CCCN(CCNC(=O)c1ccc(C(F)(F)F)cc1)S(C)(=O)=O. The normalized spacial score (nSPS) is 12.6. The number of nitrogens with zero attached hydrogens (tertiary/aromatic N) is 2. The van der Waals surface area contributed by atoms with Crippen molar-refractivity contribution in [1.82, 2.24) is 14.5 Å². The van der Waals surface area contributed by atoms with E-state index in [4.69, 9.17) is 0 Å². The van der Waals surface area contributed by atoms with Gasteiger partial charge in [0.2, 0.25) is 10.0 Å². The highest BCUT2D eigenvalue weighted by Gasteiger charge is 2.30. The van der Waals surface area contributed by atoms with E-state index < -0.39 is 27.7 Å². The Kier molecular flexibility index (Phi) is 8.04. The van der Waals surface area contributed by atoms with Gasteiger partial charge in [-0.3, -0.25) is 4.79 Å². The lowest BCUT2D eigenvalue weighted by atomic mass is 10.1. The van der Waals surface area contributed by atoms with Crippen LogP contribution in [0.15, 0.2) is 24.3 Å². The van der Waals surface area contributed by atoms with E-state index in [1.165, 1.54) is 4.31 Å². The average Bonchev–Trinajstić information content (AvgIpc) is 2.51. The predicted octanol–water partition coefficient (Wildman–Crippen LogP) is 1.65. The smallest absolute Gasteiger partial charge is 0.351 e. The molecule has 0 fully saturated rings. The molecule has 0 saturated carbocycles. The summed E-state index contributed by atoms with van der Waals surface area (Å²) in [6.07, 6.45) is -2.72. The molecule has 0 aliphatic heterocycles. The van der Waals surface area contributed by atoms with Crippen molar-refractivity contribution in [3.05, 3.63) is 35.4 Å². The lowest BCUT2D eigenvalue weighted by molar-refractivity contribution is -0.137. The van der Waals surface area contributed by atoms with Gasteiger partial charge in [-0.15, -0.1) is 0 Å². The van der Waals surface area contributed by atoms with Crippen LogP contribution in [0.2, 0.25) is 0 Å². The summed E-state index contributed by atoms with van der Waals surface area (Å²) >= 11 is 0. The number of hydrogen-bond acceptors (Lipinski definition) is 4.